The number of hydrogen-bond donors (Lipinski definition) is 1. The number of rotatable bonds is 4. The molecule has 0 radical (unpaired) electrons. The van der Waals surface area contributed by atoms with Gasteiger partial charge < -0.3 is 5.73 Å². The van der Waals surface area contributed by atoms with Crippen LogP contribution in [0.2, 0.25) is 0 Å². The molecule has 0 aliphatic carbocycles. The highest BCUT2D eigenvalue weighted by Gasteiger charge is 2.11. The lowest BCUT2D eigenvalue weighted by atomic mass is 9.91. The monoisotopic (exact) mass is 223 g/mol. The predicted molar refractivity (Wildman–Crippen MR) is 73.9 cm³/mol. The molecule has 0 unspecified atom stereocenters. The molecule has 1 nitrogen and oxygen atoms in total. The van der Waals surface area contributed by atoms with Gasteiger partial charge in [0, 0.05) is 12.5 Å². The summed E-state index contributed by atoms with van der Waals surface area (Å²) < 4.78 is 0. The molecule has 0 bridgehead atoms. The van der Waals surface area contributed by atoms with E-state index in [2.05, 4.69) is 55.1 Å². The number of benzene rings is 2. The smallest absolute Gasteiger partial charge is 0.0212 e. The van der Waals surface area contributed by atoms with E-state index in [1.165, 1.54) is 11.1 Å². The van der Waals surface area contributed by atoms with Crippen molar-refractivity contribution in [1.29, 1.82) is 0 Å². The molecule has 0 spiro atoms. The maximum atomic E-state index is 5.89. The average Bonchev–Trinajstić information content (AvgIpc) is 2.42. The lowest BCUT2D eigenvalue weighted by molar-refractivity contribution is 0.819. The van der Waals surface area contributed by atoms with Crippen LogP contribution in [-0.4, -0.2) is 6.54 Å². The minimum Gasteiger partial charge on any atom is -0.330 e. The topological polar surface area (TPSA) is 26.0 Å². The van der Waals surface area contributed by atoms with Crippen LogP contribution in [0.25, 0.3) is 6.08 Å². The zero-order valence-corrected chi connectivity index (χ0v) is 9.84. The first-order chi connectivity index (χ1) is 8.35. The van der Waals surface area contributed by atoms with Gasteiger partial charge in [0.2, 0.25) is 0 Å². The predicted octanol–water partition coefficient (Wildman–Crippen LogP) is 3.42. The molecular formula is C16H17N. The fourth-order valence-corrected chi connectivity index (χ4v) is 2.01. The van der Waals surface area contributed by atoms with Crippen molar-refractivity contribution >= 4 is 6.08 Å². The molecule has 0 amide bonds. The van der Waals surface area contributed by atoms with Gasteiger partial charge >= 0.3 is 0 Å². The highest BCUT2D eigenvalue weighted by atomic mass is 14.5. The zero-order chi connectivity index (χ0) is 12.1. The van der Waals surface area contributed by atoms with Gasteiger partial charge in [-0.05, 0) is 16.7 Å². The van der Waals surface area contributed by atoms with Gasteiger partial charge in [0.05, 0.1) is 0 Å². The number of hydrogen-bond acceptors (Lipinski definition) is 1. The maximum Gasteiger partial charge on any atom is 0.0212 e. The van der Waals surface area contributed by atoms with Crippen LogP contribution < -0.4 is 5.73 Å². The highest BCUT2D eigenvalue weighted by molar-refractivity contribution is 5.48. The molecule has 1 atom stereocenters. The Balaban J connectivity index is 2.32. The summed E-state index contributed by atoms with van der Waals surface area (Å²) in [5, 5.41) is 0. The van der Waals surface area contributed by atoms with Gasteiger partial charge in [0.1, 0.15) is 0 Å². The molecule has 0 aliphatic rings. The van der Waals surface area contributed by atoms with Crippen molar-refractivity contribution < 1.29 is 0 Å². The summed E-state index contributed by atoms with van der Waals surface area (Å²) in [7, 11) is 0. The molecule has 2 rings (SSSR count). The summed E-state index contributed by atoms with van der Waals surface area (Å²) in [6.07, 6.45) is 1.85. The molecule has 0 aliphatic heterocycles. The van der Waals surface area contributed by atoms with Gasteiger partial charge in [-0.2, -0.15) is 0 Å². The molecule has 1 heteroatoms. The van der Waals surface area contributed by atoms with Crippen molar-refractivity contribution in [1.82, 2.24) is 0 Å². The molecule has 2 N–H and O–H groups in total. The second-order valence-electron chi connectivity index (χ2n) is 4.07. The van der Waals surface area contributed by atoms with E-state index in [9.17, 15) is 0 Å². The Morgan fingerprint density at radius 2 is 1.53 bits per heavy atom. The first-order valence-corrected chi connectivity index (χ1v) is 5.82. The molecule has 0 saturated carbocycles. The average molecular weight is 223 g/mol. The van der Waals surface area contributed by atoms with E-state index in [4.69, 9.17) is 5.73 Å². The lowest BCUT2D eigenvalue weighted by Crippen LogP contribution is -2.13. The Labute approximate surface area is 103 Å². The van der Waals surface area contributed by atoms with Crippen molar-refractivity contribution in [2.45, 2.75) is 5.92 Å². The van der Waals surface area contributed by atoms with E-state index in [1.54, 1.807) is 0 Å². The van der Waals surface area contributed by atoms with E-state index < -0.39 is 0 Å². The molecule has 0 aromatic heterocycles. The Bertz CT molecular complexity index is 471. The van der Waals surface area contributed by atoms with Crippen LogP contribution >= 0.6 is 0 Å². The first-order valence-electron chi connectivity index (χ1n) is 5.82. The first kappa shape index (κ1) is 11.6. The largest absolute Gasteiger partial charge is 0.330 e. The van der Waals surface area contributed by atoms with Crippen molar-refractivity contribution in [3.05, 3.63) is 77.9 Å². The molecular weight excluding hydrogens is 206 g/mol. The van der Waals surface area contributed by atoms with Crippen molar-refractivity contribution in [2.24, 2.45) is 5.73 Å². The highest BCUT2D eigenvalue weighted by Crippen LogP contribution is 2.23. The normalized spacial score (nSPS) is 12.1. The summed E-state index contributed by atoms with van der Waals surface area (Å²) >= 11 is 0. The van der Waals surface area contributed by atoms with E-state index >= 15 is 0 Å². The maximum absolute atomic E-state index is 5.89. The van der Waals surface area contributed by atoms with Gasteiger partial charge in [0.25, 0.3) is 0 Å². The van der Waals surface area contributed by atoms with Crippen LogP contribution in [0.4, 0.5) is 0 Å². The fraction of sp³-hybridized carbons (Fsp3) is 0.125. The number of nitrogens with two attached hydrogens (primary N) is 1. The Kier molecular flexibility index (Phi) is 3.73. The fourth-order valence-electron chi connectivity index (χ4n) is 2.01. The Morgan fingerprint density at radius 3 is 2.06 bits per heavy atom. The SMILES string of the molecule is C=Cc1ccc([C@H](CN)c2ccccc2)cc1. The van der Waals surface area contributed by atoms with Crippen molar-refractivity contribution in [2.75, 3.05) is 6.54 Å². The summed E-state index contributed by atoms with van der Waals surface area (Å²) in [4.78, 5) is 0. The van der Waals surface area contributed by atoms with E-state index in [1.807, 2.05) is 12.1 Å². The summed E-state index contributed by atoms with van der Waals surface area (Å²) in [6.45, 7) is 4.38. The van der Waals surface area contributed by atoms with Crippen LogP contribution in [0.5, 0.6) is 0 Å². The van der Waals surface area contributed by atoms with Gasteiger partial charge in [0.15, 0.2) is 0 Å². The second kappa shape index (κ2) is 5.46. The molecule has 17 heavy (non-hydrogen) atoms. The van der Waals surface area contributed by atoms with E-state index in [0.29, 0.717) is 6.54 Å². The third-order valence-electron chi connectivity index (χ3n) is 3.01. The second-order valence-corrected chi connectivity index (χ2v) is 4.07. The molecule has 0 fully saturated rings. The summed E-state index contributed by atoms with van der Waals surface area (Å²) in [6, 6.07) is 18.8. The molecule has 0 heterocycles. The van der Waals surface area contributed by atoms with Crippen LogP contribution in [0, 0.1) is 0 Å². The summed E-state index contributed by atoms with van der Waals surface area (Å²) in [5.41, 5.74) is 9.54. The zero-order valence-electron chi connectivity index (χ0n) is 9.84. The van der Waals surface area contributed by atoms with Gasteiger partial charge in [-0.3, -0.25) is 0 Å². The van der Waals surface area contributed by atoms with Gasteiger partial charge in [-0.25, -0.2) is 0 Å². The molecule has 86 valence electrons. The van der Waals surface area contributed by atoms with Crippen LogP contribution in [0.15, 0.2) is 61.2 Å². The van der Waals surface area contributed by atoms with Crippen molar-refractivity contribution in [3.63, 3.8) is 0 Å². The quantitative estimate of drug-likeness (QED) is 0.844. The molecule has 2 aromatic rings. The molecule has 2 aromatic carbocycles. The van der Waals surface area contributed by atoms with Gasteiger partial charge in [-0.1, -0.05) is 67.3 Å². The third-order valence-corrected chi connectivity index (χ3v) is 3.01. The Morgan fingerprint density at radius 1 is 0.941 bits per heavy atom. The van der Waals surface area contributed by atoms with Crippen molar-refractivity contribution in [3.8, 4) is 0 Å². The standard InChI is InChI=1S/C16H17N/c1-2-13-8-10-15(11-9-13)16(12-17)14-6-4-3-5-7-14/h2-11,16H,1,12,17H2/t16-/m1/s1. The van der Waals surface area contributed by atoms with E-state index in [-0.39, 0.29) is 5.92 Å². The third kappa shape index (κ3) is 2.63. The van der Waals surface area contributed by atoms with Crippen LogP contribution in [0.1, 0.15) is 22.6 Å². The van der Waals surface area contributed by atoms with E-state index in [0.717, 1.165) is 5.56 Å². The lowest BCUT2D eigenvalue weighted by Gasteiger charge is -2.15. The summed E-state index contributed by atoms with van der Waals surface area (Å²) in [5.74, 6) is 0.273. The van der Waals surface area contributed by atoms with Crippen LogP contribution in [0.3, 0.4) is 0 Å². The van der Waals surface area contributed by atoms with Crippen LogP contribution in [-0.2, 0) is 0 Å². The Hall–Kier alpha value is -1.86. The molecule has 0 saturated heterocycles. The minimum absolute atomic E-state index is 0.273. The van der Waals surface area contributed by atoms with Gasteiger partial charge in [-0.15, -0.1) is 0 Å². The minimum atomic E-state index is 0.273.